The molecule has 26 heavy (non-hydrogen) atoms. The van der Waals surface area contributed by atoms with Gasteiger partial charge in [0.15, 0.2) is 5.96 Å². The predicted octanol–water partition coefficient (Wildman–Crippen LogP) is 1.92. The van der Waals surface area contributed by atoms with Crippen molar-refractivity contribution < 1.29 is 9.84 Å². The Labute approximate surface area is 180 Å². The van der Waals surface area contributed by atoms with E-state index in [-0.39, 0.29) is 24.0 Å². The molecule has 2 rings (SSSR count). The second-order valence-electron chi connectivity index (χ2n) is 7.40. The Morgan fingerprint density at radius 2 is 2.12 bits per heavy atom. The fraction of sp³-hybridized carbons (Fsp3) is 0.944. The molecule has 0 aromatic carbocycles. The van der Waals surface area contributed by atoms with Crippen molar-refractivity contribution in [1.29, 1.82) is 0 Å². The number of likely N-dealkylation sites (tertiary alicyclic amines) is 1. The van der Waals surface area contributed by atoms with Gasteiger partial charge in [0.05, 0.1) is 24.9 Å². The first kappa shape index (κ1) is 24.3. The molecule has 0 aromatic rings. The van der Waals surface area contributed by atoms with Crippen LogP contribution in [0.5, 0.6) is 0 Å². The van der Waals surface area contributed by atoms with Gasteiger partial charge >= 0.3 is 0 Å². The number of piperidine rings is 1. The molecule has 0 aromatic heterocycles. The molecule has 154 valence electrons. The summed E-state index contributed by atoms with van der Waals surface area (Å²) in [6.45, 7) is 11.6. The number of rotatable bonds is 8. The standard InChI is InChI=1S/C18H36N4O2S.HI/c1-4-19-17(20-13-18(23)7-12-25-14-18)21-16-5-8-22(9-6-16)10-11-24-15(2)3;/h15-16,23H,4-14H2,1-3H3,(H2,19,20,21);1H. The van der Waals surface area contributed by atoms with Crippen LogP contribution in [-0.4, -0.2) is 84.5 Å². The van der Waals surface area contributed by atoms with E-state index in [1.807, 2.05) is 11.8 Å². The van der Waals surface area contributed by atoms with Gasteiger partial charge in [-0.3, -0.25) is 4.99 Å². The lowest BCUT2D eigenvalue weighted by Gasteiger charge is -2.33. The topological polar surface area (TPSA) is 69.1 Å². The maximum absolute atomic E-state index is 10.5. The number of nitrogens with zero attached hydrogens (tertiary/aromatic N) is 2. The van der Waals surface area contributed by atoms with E-state index in [0.29, 0.717) is 18.7 Å². The van der Waals surface area contributed by atoms with E-state index in [1.54, 1.807) is 0 Å². The highest BCUT2D eigenvalue weighted by molar-refractivity contribution is 14.0. The summed E-state index contributed by atoms with van der Waals surface area (Å²) in [5.41, 5.74) is -0.618. The van der Waals surface area contributed by atoms with Crippen molar-refractivity contribution in [3.63, 3.8) is 0 Å². The van der Waals surface area contributed by atoms with Gasteiger partial charge in [0.2, 0.25) is 0 Å². The van der Waals surface area contributed by atoms with Crippen LogP contribution in [0.25, 0.3) is 0 Å². The van der Waals surface area contributed by atoms with Crippen molar-refractivity contribution in [2.24, 2.45) is 4.99 Å². The Kier molecular flexibility index (Phi) is 11.8. The van der Waals surface area contributed by atoms with Gasteiger partial charge in [0.25, 0.3) is 0 Å². The van der Waals surface area contributed by atoms with Gasteiger partial charge in [0.1, 0.15) is 0 Å². The molecule has 6 nitrogen and oxygen atoms in total. The highest BCUT2D eigenvalue weighted by Gasteiger charge is 2.31. The molecule has 0 saturated carbocycles. The number of hydrogen-bond acceptors (Lipinski definition) is 5. The molecule has 2 saturated heterocycles. The molecule has 0 bridgehead atoms. The number of guanidine groups is 1. The van der Waals surface area contributed by atoms with Gasteiger partial charge < -0.3 is 25.4 Å². The Morgan fingerprint density at radius 1 is 1.38 bits per heavy atom. The van der Waals surface area contributed by atoms with E-state index in [4.69, 9.17) is 4.74 Å². The molecular weight excluding hydrogens is 463 g/mol. The first-order valence-electron chi connectivity index (χ1n) is 9.70. The second-order valence-corrected chi connectivity index (χ2v) is 8.51. The van der Waals surface area contributed by atoms with Gasteiger partial charge in [-0.05, 0) is 45.8 Å². The molecule has 3 N–H and O–H groups in total. The summed E-state index contributed by atoms with van der Waals surface area (Å²) in [6.07, 6.45) is 3.39. The molecular formula is C18H37IN4O2S. The Hall–Kier alpha value is 0.230. The lowest BCUT2D eigenvalue weighted by atomic mass is 10.0. The molecule has 0 amide bonds. The van der Waals surface area contributed by atoms with Crippen LogP contribution in [0.4, 0.5) is 0 Å². The van der Waals surface area contributed by atoms with Crippen molar-refractivity contribution in [1.82, 2.24) is 15.5 Å². The second kappa shape index (κ2) is 12.6. The van der Waals surface area contributed by atoms with Crippen molar-refractivity contribution >= 4 is 41.7 Å². The molecule has 8 heteroatoms. The van der Waals surface area contributed by atoms with Crippen LogP contribution >= 0.6 is 35.7 Å². The van der Waals surface area contributed by atoms with E-state index in [0.717, 1.165) is 69.5 Å². The minimum atomic E-state index is -0.618. The number of aliphatic hydroxyl groups is 1. The van der Waals surface area contributed by atoms with Crippen molar-refractivity contribution in [2.75, 3.05) is 50.8 Å². The highest BCUT2D eigenvalue weighted by Crippen LogP contribution is 2.27. The minimum absolute atomic E-state index is 0. The third kappa shape index (κ3) is 8.95. The third-order valence-electron chi connectivity index (χ3n) is 4.75. The summed E-state index contributed by atoms with van der Waals surface area (Å²) in [7, 11) is 0. The zero-order chi connectivity index (χ0) is 18.1. The lowest BCUT2D eigenvalue weighted by molar-refractivity contribution is 0.0532. The molecule has 0 aliphatic carbocycles. The normalized spacial score (nSPS) is 25.3. The summed E-state index contributed by atoms with van der Waals surface area (Å²) in [6, 6.07) is 0.452. The summed E-state index contributed by atoms with van der Waals surface area (Å²) >= 11 is 1.81. The number of halogens is 1. The quantitative estimate of drug-likeness (QED) is 0.269. The summed E-state index contributed by atoms with van der Waals surface area (Å²) in [4.78, 5) is 7.12. The molecule has 1 atom stereocenters. The number of hydrogen-bond donors (Lipinski definition) is 3. The van der Waals surface area contributed by atoms with E-state index < -0.39 is 5.60 Å². The monoisotopic (exact) mass is 500 g/mol. The minimum Gasteiger partial charge on any atom is -0.387 e. The maximum Gasteiger partial charge on any atom is 0.191 e. The number of thioether (sulfide) groups is 1. The van der Waals surface area contributed by atoms with E-state index >= 15 is 0 Å². The molecule has 0 radical (unpaired) electrons. The summed E-state index contributed by atoms with van der Waals surface area (Å²) in [5, 5.41) is 17.3. The zero-order valence-corrected chi connectivity index (χ0v) is 19.6. The number of ether oxygens (including phenoxy) is 1. The lowest BCUT2D eigenvalue weighted by Crippen LogP contribution is -2.49. The fourth-order valence-corrected chi connectivity index (χ4v) is 4.46. The Bertz CT molecular complexity index is 412. The van der Waals surface area contributed by atoms with Gasteiger partial charge in [-0.1, -0.05) is 0 Å². The van der Waals surface area contributed by atoms with Crippen molar-refractivity contribution in [2.45, 2.75) is 57.8 Å². The zero-order valence-electron chi connectivity index (χ0n) is 16.5. The largest absolute Gasteiger partial charge is 0.387 e. The molecule has 2 fully saturated rings. The third-order valence-corrected chi connectivity index (χ3v) is 5.98. The first-order chi connectivity index (χ1) is 12.0. The van der Waals surface area contributed by atoms with Crippen LogP contribution in [0.2, 0.25) is 0 Å². The summed E-state index contributed by atoms with van der Waals surface area (Å²) < 4.78 is 5.65. The number of nitrogens with one attached hydrogen (secondary N) is 2. The Balaban J connectivity index is 0.00000338. The predicted molar refractivity (Wildman–Crippen MR) is 122 cm³/mol. The molecule has 2 aliphatic heterocycles. The van der Waals surface area contributed by atoms with Crippen molar-refractivity contribution in [3.05, 3.63) is 0 Å². The van der Waals surface area contributed by atoms with E-state index in [2.05, 4.69) is 41.3 Å². The van der Waals surface area contributed by atoms with Crippen LogP contribution in [0, 0.1) is 0 Å². The van der Waals surface area contributed by atoms with Crippen LogP contribution in [0.1, 0.15) is 40.0 Å². The molecule has 1 unspecified atom stereocenters. The van der Waals surface area contributed by atoms with Crippen LogP contribution < -0.4 is 10.6 Å². The average molecular weight is 500 g/mol. The van der Waals surface area contributed by atoms with Gasteiger partial charge in [-0.2, -0.15) is 11.8 Å². The summed E-state index contributed by atoms with van der Waals surface area (Å²) in [5.74, 6) is 2.68. The SMILES string of the molecule is CCNC(=NCC1(O)CCSC1)NC1CCN(CCOC(C)C)CC1.I. The van der Waals surface area contributed by atoms with Crippen LogP contribution in [0.15, 0.2) is 4.99 Å². The first-order valence-corrected chi connectivity index (χ1v) is 10.8. The van der Waals surface area contributed by atoms with Crippen LogP contribution in [0.3, 0.4) is 0 Å². The highest BCUT2D eigenvalue weighted by atomic mass is 127. The number of aliphatic imine (C=N–C) groups is 1. The van der Waals surface area contributed by atoms with Gasteiger partial charge in [-0.25, -0.2) is 0 Å². The van der Waals surface area contributed by atoms with E-state index in [1.165, 1.54) is 0 Å². The molecule has 0 spiro atoms. The van der Waals surface area contributed by atoms with Crippen LogP contribution in [-0.2, 0) is 4.74 Å². The maximum atomic E-state index is 10.5. The average Bonchev–Trinajstić information content (AvgIpc) is 3.01. The van der Waals surface area contributed by atoms with Gasteiger partial charge in [-0.15, -0.1) is 24.0 Å². The van der Waals surface area contributed by atoms with Crippen molar-refractivity contribution in [3.8, 4) is 0 Å². The molecule has 2 aliphatic rings. The smallest absolute Gasteiger partial charge is 0.191 e. The molecule has 2 heterocycles. The Morgan fingerprint density at radius 3 is 2.69 bits per heavy atom. The fourth-order valence-electron chi connectivity index (χ4n) is 3.18. The van der Waals surface area contributed by atoms with E-state index in [9.17, 15) is 5.11 Å². The van der Waals surface area contributed by atoms with Gasteiger partial charge in [0, 0.05) is 38.0 Å².